The third-order valence-corrected chi connectivity index (χ3v) is 4.19. The van der Waals surface area contributed by atoms with Gasteiger partial charge in [0.2, 0.25) is 0 Å². The molecule has 1 aliphatic heterocycles. The maximum Gasteiger partial charge on any atom is 0.0615 e. The van der Waals surface area contributed by atoms with Gasteiger partial charge in [0.15, 0.2) is 0 Å². The first-order chi connectivity index (χ1) is 10.2. The quantitative estimate of drug-likeness (QED) is 0.883. The van der Waals surface area contributed by atoms with E-state index in [1.807, 2.05) is 18.2 Å². The summed E-state index contributed by atoms with van der Waals surface area (Å²) in [6, 6.07) is 16.3. The van der Waals surface area contributed by atoms with Gasteiger partial charge in [0, 0.05) is 37.7 Å². The minimum Gasteiger partial charge on any atom is -0.397 e. The zero-order valence-corrected chi connectivity index (χ0v) is 12.8. The lowest BCUT2D eigenvalue weighted by Crippen LogP contribution is -2.46. The number of rotatable bonds is 3. The second kappa shape index (κ2) is 6.37. The van der Waals surface area contributed by atoms with Crippen LogP contribution in [0.4, 0.5) is 11.4 Å². The third kappa shape index (κ3) is 3.49. The van der Waals surface area contributed by atoms with Crippen molar-refractivity contribution in [2.75, 3.05) is 36.8 Å². The predicted octanol–water partition coefficient (Wildman–Crippen LogP) is 3.24. The molecule has 0 saturated carbocycles. The molecule has 2 aromatic carbocycles. The van der Waals surface area contributed by atoms with Gasteiger partial charge < -0.3 is 10.6 Å². The zero-order chi connectivity index (χ0) is 14.7. The monoisotopic (exact) mass is 301 g/mol. The number of nitrogens with two attached hydrogens (primary N) is 1. The van der Waals surface area contributed by atoms with Crippen LogP contribution in [0.2, 0.25) is 5.02 Å². The Bertz CT molecular complexity index is 592. The Hall–Kier alpha value is -1.71. The van der Waals surface area contributed by atoms with Gasteiger partial charge in [0.25, 0.3) is 0 Å². The van der Waals surface area contributed by atoms with Crippen molar-refractivity contribution >= 4 is 23.0 Å². The largest absolute Gasteiger partial charge is 0.397 e. The number of benzene rings is 2. The van der Waals surface area contributed by atoms with Gasteiger partial charge in [-0.15, -0.1) is 0 Å². The van der Waals surface area contributed by atoms with E-state index in [0.29, 0.717) is 0 Å². The van der Waals surface area contributed by atoms with Gasteiger partial charge in [-0.2, -0.15) is 0 Å². The molecule has 21 heavy (non-hydrogen) atoms. The minimum atomic E-state index is 0.742. The van der Waals surface area contributed by atoms with Crippen LogP contribution in [0, 0.1) is 0 Å². The molecule has 0 spiro atoms. The van der Waals surface area contributed by atoms with Gasteiger partial charge >= 0.3 is 0 Å². The number of piperazine rings is 1. The van der Waals surface area contributed by atoms with E-state index in [1.54, 1.807) is 0 Å². The van der Waals surface area contributed by atoms with E-state index in [9.17, 15) is 0 Å². The van der Waals surface area contributed by atoms with Gasteiger partial charge in [-0.05, 0) is 23.8 Å². The van der Waals surface area contributed by atoms with Crippen molar-refractivity contribution in [2.45, 2.75) is 6.54 Å². The van der Waals surface area contributed by atoms with Crippen LogP contribution in [0.3, 0.4) is 0 Å². The Morgan fingerprint density at radius 3 is 2.38 bits per heavy atom. The van der Waals surface area contributed by atoms with Gasteiger partial charge in [-0.25, -0.2) is 0 Å². The van der Waals surface area contributed by atoms with E-state index in [-0.39, 0.29) is 0 Å². The number of nitrogens with zero attached hydrogens (tertiary/aromatic N) is 2. The molecule has 0 bridgehead atoms. The highest BCUT2D eigenvalue weighted by Gasteiger charge is 2.18. The molecule has 0 atom stereocenters. The van der Waals surface area contributed by atoms with Crippen LogP contribution in [0.5, 0.6) is 0 Å². The fourth-order valence-corrected chi connectivity index (χ4v) is 2.95. The number of nitrogen functional groups attached to an aromatic ring is 1. The smallest absolute Gasteiger partial charge is 0.0615 e. The van der Waals surface area contributed by atoms with Crippen molar-refractivity contribution in [3.8, 4) is 0 Å². The lowest BCUT2D eigenvalue weighted by molar-refractivity contribution is 0.250. The van der Waals surface area contributed by atoms with Crippen LogP contribution in [0.25, 0.3) is 0 Å². The molecular weight excluding hydrogens is 282 g/mol. The van der Waals surface area contributed by atoms with Crippen molar-refractivity contribution in [3.05, 3.63) is 59.1 Å². The summed E-state index contributed by atoms with van der Waals surface area (Å²) in [5.74, 6) is 0. The normalized spacial score (nSPS) is 16.1. The second-order valence-corrected chi connectivity index (χ2v) is 5.89. The highest BCUT2D eigenvalue weighted by atomic mass is 35.5. The summed E-state index contributed by atoms with van der Waals surface area (Å²) in [5.41, 5.74) is 9.29. The van der Waals surface area contributed by atoms with E-state index in [0.717, 1.165) is 49.1 Å². The summed E-state index contributed by atoms with van der Waals surface area (Å²) < 4.78 is 0. The zero-order valence-electron chi connectivity index (χ0n) is 12.0. The Morgan fingerprint density at radius 1 is 0.952 bits per heavy atom. The molecule has 2 N–H and O–H groups in total. The lowest BCUT2D eigenvalue weighted by Gasteiger charge is -2.36. The lowest BCUT2D eigenvalue weighted by atomic mass is 10.2. The first kappa shape index (κ1) is 14.2. The van der Waals surface area contributed by atoms with Gasteiger partial charge in [-0.3, -0.25) is 4.90 Å². The SMILES string of the molecule is Nc1ccc(Cl)cc1N1CCN(Cc2ccccc2)CC1. The molecule has 0 aromatic heterocycles. The Morgan fingerprint density at radius 2 is 1.67 bits per heavy atom. The van der Waals surface area contributed by atoms with Crippen molar-refractivity contribution in [3.63, 3.8) is 0 Å². The highest BCUT2D eigenvalue weighted by Crippen LogP contribution is 2.27. The van der Waals surface area contributed by atoms with Gasteiger partial charge in [-0.1, -0.05) is 41.9 Å². The molecule has 0 unspecified atom stereocenters. The summed E-state index contributed by atoms with van der Waals surface area (Å²) in [6.45, 7) is 5.07. The number of hydrogen-bond donors (Lipinski definition) is 1. The molecule has 1 saturated heterocycles. The molecule has 1 aliphatic rings. The molecule has 1 fully saturated rings. The van der Waals surface area contributed by atoms with Gasteiger partial charge in [0.05, 0.1) is 11.4 Å². The maximum atomic E-state index is 6.08. The first-order valence-electron chi connectivity index (χ1n) is 7.28. The van der Waals surface area contributed by atoms with Crippen molar-refractivity contribution in [1.82, 2.24) is 4.90 Å². The van der Waals surface area contributed by atoms with Crippen LogP contribution in [0.1, 0.15) is 5.56 Å². The summed E-state index contributed by atoms with van der Waals surface area (Å²) in [4.78, 5) is 4.80. The predicted molar refractivity (Wildman–Crippen MR) is 89.8 cm³/mol. The standard InChI is InChI=1S/C17H20ClN3/c18-15-6-7-16(19)17(12-15)21-10-8-20(9-11-21)13-14-4-2-1-3-5-14/h1-7,12H,8-11,13,19H2. The number of hydrogen-bond acceptors (Lipinski definition) is 3. The third-order valence-electron chi connectivity index (χ3n) is 3.95. The molecule has 2 aromatic rings. The van der Waals surface area contributed by atoms with Gasteiger partial charge in [0.1, 0.15) is 0 Å². The first-order valence-corrected chi connectivity index (χ1v) is 7.66. The Labute approximate surface area is 130 Å². The van der Waals surface area contributed by atoms with E-state index in [4.69, 9.17) is 17.3 Å². The summed E-state index contributed by atoms with van der Waals surface area (Å²) in [5, 5.41) is 0.742. The maximum absolute atomic E-state index is 6.08. The fraction of sp³-hybridized carbons (Fsp3) is 0.294. The molecule has 4 heteroatoms. The summed E-state index contributed by atoms with van der Waals surface area (Å²) >= 11 is 6.08. The van der Waals surface area contributed by atoms with Crippen LogP contribution in [-0.4, -0.2) is 31.1 Å². The summed E-state index contributed by atoms with van der Waals surface area (Å²) in [7, 11) is 0. The molecular formula is C17H20ClN3. The Kier molecular flexibility index (Phi) is 4.32. The number of anilines is 2. The average molecular weight is 302 g/mol. The second-order valence-electron chi connectivity index (χ2n) is 5.45. The van der Waals surface area contributed by atoms with Crippen molar-refractivity contribution in [2.24, 2.45) is 0 Å². The minimum absolute atomic E-state index is 0.742. The van der Waals surface area contributed by atoms with Crippen LogP contribution < -0.4 is 10.6 Å². The molecule has 0 radical (unpaired) electrons. The topological polar surface area (TPSA) is 32.5 Å². The van der Waals surface area contributed by atoms with Crippen molar-refractivity contribution < 1.29 is 0 Å². The highest BCUT2D eigenvalue weighted by molar-refractivity contribution is 6.31. The molecule has 3 nitrogen and oxygen atoms in total. The molecule has 3 rings (SSSR count). The fourth-order valence-electron chi connectivity index (χ4n) is 2.78. The van der Waals surface area contributed by atoms with Crippen LogP contribution in [0.15, 0.2) is 48.5 Å². The molecule has 0 aliphatic carbocycles. The van der Waals surface area contributed by atoms with E-state index < -0.39 is 0 Å². The van der Waals surface area contributed by atoms with Crippen LogP contribution >= 0.6 is 11.6 Å². The Balaban J connectivity index is 1.61. The van der Waals surface area contributed by atoms with E-state index >= 15 is 0 Å². The number of halogens is 1. The molecule has 0 amide bonds. The molecule has 1 heterocycles. The average Bonchev–Trinajstić information content (AvgIpc) is 2.52. The van der Waals surface area contributed by atoms with Crippen molar-refractivity contribution in [1.29, 1.82) is 0 Å². The van der Waals surface area contributed by atoms with E-state index in [2.05, 4.69) is 40.1 Å². The summed E-state index contributed by atoms with van der Waals surface area (Å²) in [6.07, 6.45) is 0. The van der Waals surface area contributed by atoms with Crippen LogP contribution in [-0.2, 0) is 6.54 Å². The molecule has 110 valence electrons. The van der Waals surface area contributed by atoms with E-state index in [1.165, 1.54) is 5.56 Å².